The molecule has 0 bridgehead atoms. The second-order valence-corrected chi connectivity index (χ2v) is 6.30. The van der Waals surface area contributed by atoms with Crippen LogP contribution in [-0.4, -0.2) is 44.9 Å². The number of nitro groups is 1. The molecule has 0 aromatic carbocycles. The van der Waals surface area contributed by atoms with Gasteiger partial charge in [-0.25, -0.2) is 0 Å². The van der Waals surface area contributed by atoms with Gasteiger partial charge in [0.2, 0.25) is 5.82 Å². The maximum Gasteiger partial charge on any atom is 0.372 e. The Hall–Kier alpha value is -1.67. The minimum atomic E-state index is -0.374. The minimum Gasteiger partial charge on any atom is -0.361 e. The molecule has 0 spiro atoms. The Balaban J connectivity index is 1.71. The fourth-order valence-electron chi connectivity index (χ4n) is 2.80. The van der Waals surface area contributed by atoms with Crippen molar-refractivity contribution in [3.63, 3.8) is 0 Å². The molecule has 1 saturated heterocycles. The molecule has 0 radical (unpaired) electrons. The average Bonchev–Trinajstić information content (AvgIpc) is 3.05. The van der Waals surface area contributed by atoms with Gasteiger partial charge in [-0.15, -0.1) is 0 Å². The number of fused-ring (bicyclic) bond motifs is 1. The zero-order valence-electron chi connectivity index (χ0n) is 12.0. The Morgan fingerprint density at radius 1 is 1.48 bits per heavy atom. The highest BCUT2D eigenvalue weighted by Gasteiger charge is 2.24. The number of hydrogen-bond acceptors (Lipinski definition) is 6. The molecule has 114 valence electrons. The van der Waals surface area contributed by atoms with Gasteiger partial charge in [-0.3, -0.25) is 4.90 Å². The number of rotatable bonds is 5. The van der Waals surface area contributed by atoms with Crippen LogP contribution in [-0.2, 0) is 0 Å². The molecule has 1 fully saturated rings. The molecular weight excluding hydrogens is 290 g/mol. The highest BCUT2D eigenvalue weighted by Crippen LogP contribution is 2.28. The third-order valence-electron chi connectivity index (χ3n) is 3.99. The Kier molecular flexibility index (Phi) is 4.07. The van der Waals surface area contributed by atoms with Crippen molar-refractivity contribution in [3.8, 4) is 0 Å². The van der Waals surface area contributed by atoms with Crippen molar-refractivity contribution in [1.29, 1.82) is 0 Å². The summed E-state index contributed by atoms with van der Waals surface area (Å²) in [6, 6.07) is 0.352. The van der Waals surface area contributed by atoms with Crippen LogP contribution >= 0.6 is 11.3 Å². The standard InChI is InChI=1S/C13H19N5O2S/c1-10(16-5-3-2-4-6-16)9-14-11-12(18(19)20)17-7-8-21-13(17)15-11/h7-8,10,14H,2-6,9H2,1H3. The summed E-state index contributed by atoms with van der Waals surface area (Å²) in [6.45, 7) is 5.06. The van der Waals surface area contributed by atoms with Gasteiger partial charge in [0.05, 0.1) is 0 Å². The second kappa shape index (κ2) is 5.98. The van der Waals surface area contributed by atoms with Crippen molar-refractivity contribution in [2.75, 3.05) is 25.0 Å². The molecule has 21 heavy (non-hydrogen) atoms. The summed E-state index contributed by atoms with van der Waals surface area (Å²) >= 11 is 1.40. The van der Waals surface area contributed by atoms with Gasteiger partial charge in [0.1, 0.15) is 6.20 Å². The van der Waals surface area contributed by atoms with Crippen molar-refractivity contribution in [2.45, 2.75) is 32.2 Å². The van der Waals surface area contributed by atoms with Crippen molar-refractivity contribution in [2.24, 2.45) is 0 Å². The van der Waals surface area contributed by atoms with E-state index in [0.717, 1.165) is 13.1 Å². The molecule has 8 heteroatoms. The topological polar surface area (TPSA) is 75.7 Å². The Labute approximate surface area is 126 Å². The Bertz CT molecular complexity index is 632. The number of imidazole rings is 1. The van der Waals surface area contributed by atoms with Crippen molar-refractivity contribution < 1.29 is 4.92 Å². The fourth-order valence-corrected chi connectivity index (χ4v) is 3.51. The van der Waals surface area contributed by atoms with Crippen LogP contribution in [0.3, 0.4) is 0 Å². The molecule has 3 heterocycles. The Morgan fingerprint density at radius 2 is 2.24 bits per heavy atom. The predicted octanol–water partition coefficient (Wildman–Crippen LogP) is 2.59. The zero-order valence-corrected chi connectivity index (χ0v) is 12.8. The van der Waals surface area contributed by atoms with Gasteiger partial charge in [-0.2, -0.15) is 9.38 Å². The number of thiazole rings is 1. The van der Waals surface area contributed by atoms with Gasteiger partial charge >= 0.3 is 5.82 Å². The quantitative estimate of drug-likeness (QED) is 0.678. The number of likely N-dealkylation sites (tertiary alicyclic amines) is 1. The van der Waals surface area contributed by atoms with Gasteiger partial charge in [0.15, 0.2) is 0 Å². The number of anilines is 1. The van der Waals surface area contributed by atoms with Crippen LogP contribution in [0.25, 0.3) is 4.96 Å². The molecule has 7 nitrogen and oxygen atoms in total. The van der Waals surface area contributed by atoms with E-state index in [4.69, 9.17) is 0 Å². The third kappa shape index (κ3) is 2.86. The molecular formula is C13H19N5O2S. The molecule has 2 aromatic heterocycles. The lowest BCUT2D eigenvalue weighted by molar-refractivity contribution is -0.389. The molecule has 1 unspecified atom stereocenters. The molecule has 1 aliphatic rings. The third-order valence-corrected chi connectivity index (χ3v) is 4.75. The summed E-state index contributed by atoms with van der Waals surface area (Å²) in [7, 11) is 0. The van der Waals surface area contributed by atoms with Gasteiger partial charge in [0.25, 0.3) is 4.96 Å². The van der Waals surface area contributed by atoms with E-state index in [9.17, 15) is 10.1 Å². The highest BCUT2D eigenvalue weighted by molar-refractivity contribution is 7.15. The number of nitrogens with zero attached hydrogens (tertiary/aromatic N) is 4. The first kappa shape index (κ1) is 14.3. The van der Waals surface area contributed by atoms with Gasteiger partial charge in [0, 0.05) is 18.0 Å². The number of piperidine rings is 1. The van der Waals surface area contributed by atoms with Gasteiger partial charge in [-0.05, 0) is 37.8 Å². The molecule has 3 rings (SSSR count). The van der Waals surface area contributed by atoms with Crippen LogP contribution in [0.5, 0.6) is 0 Å². The van der Waals surface area contributed by atoms with E-state index < -0.39 is 0 Å². The molecule has 0 amide bonds. The zero-order chi connectivity index (χ0) is 14.8. The maximum atomic E-state index is 11.2. The fraction of sp³-hybridized carbons (Fsp3) is 0.615. The van der Waals surface area contributed by atoms with E-state index in [1.807, 2.05) is 0 Å². The van der Waals surface area contributed by atoms with Crippen LogP contribution < -0.4 is 5.32 Å². The smallest absolute Gasteiger partial charge is 0.361 e. The Morgan fingerprint density at radius 3 is 2.95 bits per heavy atom. The molecule has 2 aromatic rings. The number of hydrogen-bond donors (Lipinski definition) is 1. The van der Waals surface area contributed by atoms with E-state index in [1.54, 1.807) is 11.6 Å². The number of nitrogens with one attached hydrogen (secondary N) is 1. The van der Waals surface area contributed by atoms with Crippen LogP contribution in [0.15, 0.2) is 11.6 Å². The maximum absolute atomic E-state index is 11.2. The lowest BCUT2D eigenvalue weighted by Crippen LogP contribution is -2.41. The molecule has 1 N–H and O–H groups in total. The monoisotopic (exact) mass is 309 g/mol. The van der Waals surface area contributed by atoms with E-state index in [2.05, 4.69) is 22.1 Å². The summed E-state index contributed by atoms with van der Waals surface area (Å²) in [4.78, 5) is 18.3. The molecule has 1 aliphatic heterocycles. The first-order chi connectivity index (χ1) is 10.2. The molecule has 0 aliphatic carbocycles. The lowest BCUT2D eigenvalue weighted by atomic mass is 10.1. The second-order valence-electron chi connectivity index (χ2n) is 5.42. The predicted molar refractivity (Wildman–Crippen MR) is 83.1 cm³/mol. The normalized spacial score (nSPS) is 18.0. The van der Waals surface area contributed by atoms with E-state index in [1.165, 1.54) is 35.0 Å². The molecule has 1 atom stereocenters. The van der Waals surface area contributed by atoms with Crippen LogP contribution in [0.2, 0.25) is 0 Å². The highest BCUT2D eigenvalue weighted by atomic mass is 32.1. The van der Waals surface area contributed by atoms with Crippen molar-refractivity contribution >= 4 is 27.9 Å². The summed E-state index contributed by atoms with van der Waals surface area (Å²) in [6.07, 6.45) is 5.47. The number of aromatic nitrogens is 2. The van der Waals surface area contributed by atoms with E-state index in [-0.39, 0.29) is 10.7 Å². The lowest BCUT2D eigenvalue weighted by Gasteiger charge is -2.32. The largest absolute Gasteiger partial charge is 0.372 e. The van der Waals surface area contributed by atoms with Crippen molar-refractivity contribution in [1.82, 2.24) is 14.3 Å². The SMILES string of the molecule is CC(CNc1nc2sccn2c1[N+](=O)[O-])N1CCCCC1. The van der Waals surface area contributed by atoms with Crippen LogP contribution in [0, 0.1) is 10.1 Å². The summed E-state index contributed by atoms with van der Waals surface area (Å²) in [5, 5.41) is 16.2. The van der Waals surface area contributed by atoms with Gasteiger partial charge < -0.3 is 15.4 Å². The van der Waals surface area contributed by atoms with E-state index >= 15 is 0 Å². The summed E-state index contributed by atoms with van der Waals surface area (Å²) in [5.41, 5.74) is 0. The average molecular weight is 309 g/mol. The first-order valence-electron chi connectivity index (χ1n) is 7.24. The van der Waals surface area contributed by atoms with Gasteiger partial charge in [-0.1, -0.05) is 17.8 Å². The van der Waals surface area contributed by atoms with Crippen LogP contribution in [0.1, 0.15) is 26.2 Å². The molecule has 0 saturated carbocycles. The summed E-state index contributed by atoms with van der Waals surface area (Å²) in [5.74, 6) is 0.396. The van der Waals surface area contributed by atoms with Crippen molar-refractivity contribution in [3.05, 3.63) is 21.7 Å². The minimum absolute atomic E-state index is 0.0251. The summed E-state index contributed by atoms with van der Waals surface area (Å²) < 4.78 is 1.53. The van der Waals surface area contributed by atoms with E-state index in [0.29, 0.717) is 23.4 Å². The first-order valence-corrected chi connectivity index (χ1v) is 8.12. The van der Waals surface area contributed by atoms with Crippen LogP contribution in [0.4, 0.5) is 11.6 Å².